The number of benzene rings is 1. The van der Waals surface area contributed by atoms with Gasteiger partial charge in [-0.2, -0.15) is 0 Å². The van der Waals surface area contributed by atoms with E-state index in [0.29, 0.717) is 18.7 Å². The summed E-state index contributed by atoms with van der Waals surface area (Å²) in [4.78, 5) is 14.5. The van der Waals surface area contributed by atoms with Crippen molar-refractivity contribution in [3.8, 4) is 5.75 Å². The van der Waals surface area contributed by atoms with Crippen molar-refractivity contribution < 1.29 is 14.3 Å². The molecular formula is C18H28N2O3. The molecule has 2 rings (SSSR count). The van der Waals surface area contributed by atoms with Gasteiger partial charge in [-0.05, 0) is 51.5 Å². The van der Waals surface area contributed by atoms with Crippen LogP contribution in [0.3, 0.4) is 0 Å². The number of carbonyl (C=O) groups excluding carboxylic acids is 1. The average Bonchev–Trinajstić information content (AvgIpc) is 2.51. The monoisotopic (exact) mass is 320 g/mol. The molecule has 0 spiro atoms. The van der Waals surface area contributed by atoms with Crippen LogP contribution >= 0.6 is 0 Å². The summed E-state index contributed by atoms with van der Waals surface area (Å²) in [5, 5.41) is 2.97. The zero-order valence-electron chi connectivity index (χ0n) is 14.4. The van der Waals surface area contributed by atoms with Crippen molar-refractivity contribution in [2.45, 2.75) is 39.4 Å². The van der Waals surface area contributed by atoms with Gasteiger partial charge >= 0.3 is 0 Å². The van der Waals surface area contributed by atoms with Gasteiger partial charge in [-0.25, -0.2) is 0 Å². The summed E-state index contributed by atoms with van der Waals surface area (Å²) in [7, 11) is 0. The lowest BCUT2D eigenvalue weighted by atomic mass is 10.2. The molecule has 1 N–H and O–H groups in total. The van der Waals surface area contributed by atoms with Gasteiger partial charge in [0.1, 0.15) is 5.75 Å². The van der Waals surface area contributed by atoms with Gasteiger partial charge in [0.05, 0.1) is 18.8 Å². The van der Waals surface area contributed by atoms with Crippen LogP contribution in [0.1, 0.15) is 37.6 Å². The molecule has 1 aromatic rings. The van der Waals surface area contributed by atoms with Crippen LogP contribution in [0.2, 0.25) is 0 Å². The number of carbonyl (C=O) groups is 1. The van der Waals surface area contributed by atoms with Crippen LogP contribution in [0, 0.1) is 0 Å². The Balaban J connectivity index is 1.68. The standard InChI is InChI=1S/C18H28N2O3/c1-4-22-17-8-6-16(7-9-17)18(21)19-10-5-11-20-12-14(2)23-15(3)13-20/h6-9,14-15H,4-5,10-13H2,1-3H3,(H,19,21). The zero-order chi connectivity index (χ0) is 16.7. The number of hydrogen-bond donors (Lipinski definition) is 1. The third-order valence-corrected chi connectivity index (χ3v) is 3.86. The Morgan fingerprint density at radius 2 is 1.91 bits per heavy atom. The predicted octanol–water partition coefficient (Wildman–Crippen LogP) is 2.31. The van der Waals surface area contributed by atoms with E-state index in [-0.39, 0.29) is 18.1 Å². The number of rotatable bonds is 7. The fourth-order valence-electron chi connectivity index (χ4n) is 2.94. The van der Waals surface area contributed by atoms with Crippen molar-refractivity contribution in [3.63, 3.8) is 0 Å². The SMILES string of the molecule is CCOc1ccc(C(=O)NCCCN2CC(C)OC(C)C2)cc1. The molecule has 1 heterocycles. The van der Waals surface area contributed by atoms with Gasteiger partial charge in [-0.1, -0.05) is 0 Å². The van der Waals surface area contributed by atoms with Crippen LogP contribution in [-0.2, 0) is 4.74 Å². The summed E-state index contributed by atoms with van der Waals surface area (Å²) in [5.74, 6) is 0.761. The first-order chi connectivity index (χ1) is 11.1. The molecule has 23 heavy (non-hydrogen) atoms. The molecule has 5 nitrogen and oxygen atoms in total. The second-order valence-corrected chi connectivity index (χ2v) is 6.08. The Morgan fingerprint density at radius 1 is 1.26 bits per heavy atom. The quantitative estimate of drug-likeness (QED) is 0.783. The summed E-state index contributed by atoms with van der Waals surface area (Å²) >= 11 is 0. The van der Waals surface area contributed by atoms with E-state index in [1.807, 2.05) is 19.1 Å². The fourth-order valence-corrected chi connectivity index (χ4v) is 2.94. The van der Waals surface area contributed by atoms with E-state index in [2.05, 4.69) is 24.1 Å². The summed E-state index contributed by atoms with van der Waals surface area (Å²) < 4.78 is 11.1. The molecule has 1 fully saturated rings. The normalized spacial score (nSPS) is 21.9. The van der Waals surface area contributed by atoms with E-state index >= 15 is 0 Å². The minimum absolute atomic E-state index is 0.0308. The summed E-state index contributed by atoms with van der Waals surface area (Å²) in [5.41, 5.74) is 0.669. The van der Waals surface area contributed by atoms with E-state index < -0.39 is 0 Å². The van der Waals surface area contributed by atoms with Crippen LogP contribution in [-0.4, -0.2) is 55.8 Å². The molecule has 0 aromatic heterocycles. The highest BCUT2D eigenvalue weighted by atomic mass is 16.5. The lowest BCUT2D eigenvalue weighted by Gasteiger charge is -2.35. The topological polar surface area (TPSA) is 50.8 Å². The molecule has 0 radical (unpaired) electrons. The Labute approximate surface area is 139 Å². The van der Waals surface area contributed by atoms with Crippen LogP contribution in [0.4, 0.5) is 0 Å². The molecule has 1 saturated heterocycles. The zero-order valence-corrected chi connectivity index (χ0v) is 14.4. The highest BCUT2D eigenvalue weighted by Crippen LogP contribution is 2.12. The summed E-state index contributed by atoms with van der Waals surface area (Å²) in [6, 6.07) is 7.25. The minimum Gasteiger partial charge on any atom is -0.494 e. The number of morpholine rings is 1. The second-order valence-electron chi connectivity index (χ2n) is 6.08. The maximum atomic E-state index is 12.1. The minimum atomic E-state index is -0.0308. The van der Waals surface area contributed by atoms with Crippen molar-refractivity contribution in [1.82, 2.24) is 10.2 Å². The van der Waals surface area contributed by atoms with Crippen molar-refractivity contribution in [2.24, 2.45) is 0 Å². The van der Waals surface area contributed by atoms with Gasteiger partial charge in [0.15, 0.2) is 0 Å². The first-order valence-corrected chi connectivity index (χ1v) is 8.47. The smallest absolute Gasteiger partial charge is 0.251 e. The Hall–Kier alpha value is -1.59. The predicted molar refractivity (Wildman–Crippen MR) is 91.0 cm³/mol. The summed E-state index contributed by atoms with van der Waals surface area (Å²) in [6.45, 7) is 10.4. The maximum Gasteiger partial charge on any atom is 0.251 e. The van der Waals surface area contributed by atoms with Gasteiger partial charge in [0, 0.05) is 31.7 Å². The van der Waals surface area contributed by atoms with Crippen molar-refractivity contribution in [1.29, 1.82) is 0 Å². The highest BCUT2D eigenvalue weighted by Gasteiger charge is 2.21. The van der Waals surface area contributed by atoms with Gasteiger partial charge in [-0.3, -0.25) is 9.69 Å². The van der Waals surface area contributed by atoms with Gasteiger partial charge in [0.2, 0.25) is 0 Å². The third-order valence-electron chi connectivity index (χ3n) is 3.86. The van der Waals surface area contributed by atoms with Crippen LogP contribution < -0.4 is 10.1 Å². The van der Waals surface area contributed by atoms with Gasteiger partial charge in [0.25, 0.3) is 5.91 Å². The third kappa shape index (κ3) is 5.84. The Morgan fingerprint density at radius 3 is 2.52 bits per heavy atom. The first kappa shape index (κ1) is 17.8. The molecule has 0 bridgehead atoms. The number of hydrogen-bond acceptors (Lipinski definition) is 4. The molecule has 2 unspecified atom stereocenters. The lowest BCUT2D eigenvalue weighted by Crippen LogP contribution is -2.46. The first-order valence-electron chi connectivity index (χ1n) is 8.47. The van der Waals surface area contributed by atoms with Crippen molar-refractivity contribution in [2.75, 3.05) is 32.8 Å². The maximum absolute atomic E-state index is 12.1. The van der Waals surface area contributed by atoms with E-state index in [1.165, 1.54) is 0 Å². The van der Waals surface area contributed by atoms with Crippen LogP contribution in [0.5, 0.6) is 5.75 Å². The Bertz CT molecular complexity index is 480. The van der Waals surface area contributed by atoms with Crippen LogP contribution in [0.25, 0.3) is 0 Å². The average molecular weight is 320 g/mol. The molecule has 1 aromatic carbocycles. The molecule has 0 aliphatic carbocycles. The fraction of sp³-hybridized carbons (Fsp3) is 0.611. The molecule has 1 aliphatic rings. The molecule has 2 atom stereocenters. The molecule has 1 aliphatic heterocycles. The largest absolute Gasteiger partial charge is 0.494 e. The molecule has 128 valence electrons. The lowest BCUT2D eigenvalue weighted by molar-refractivity contribution is -0.0679. The second kappa shape index (κ2) is 8.89. The number of nitrogens with one attached hydrogen (secondary N) is 1. The van der Waals surface area contributed by atoms with E-state index in [9.17, 15) is 4.79 Å². The van der Waals surface area contributed by atoms with Crippen molar-refractivity contribution >= 4 is 5.91 Å². The highest BCUT2D eigenvalue weighted by molar-refractivity contribution is 5.94. The number of amides is 1. The van der Waals surface area contributed by atoms with Gasteiger partial charge in [-0.15, -0.1) is 0 Å². The number of ether oxygens (including phenoxy) is 2. The van der Waals surface area contributed by atoms with E-state index in [1.54, 1.807) is 12.1 Å². The number of nitrogens with zero attached hydrogens (tertiary/aromatic N) is 1. The van der Waals surface area contributed by atoms with E-state index in [4.69, 9.17) is 9.47 Å². The summed E-state index contributed by atoms with van der Waals surface area (Å²) in [6.07, 6.45) is 1.52. The molecule has 1 amide bonds. The van der Waals surface area contributed by atoms with Gasteiger partial charge < -0.3 is 14.8 Å². The van der Waals surface area contributed by atoms with E-state index in [0.717, 1.165) is 31.8 Å². The molecule has 0 saturated carbocycles. The van der Waals surface area contributed by atoms with Crippen LogP contribution in [0.15, 0.2) is 24.3 Å². The molecular weight excluding hydrogens is 292 g/mol. The molecule has 5 heteroatoms. The Kier molecular flexibility index (Phi) is 6.86. The van der Waals surface area contributed by atoms with Crippen molar-refractivity contribution in [3.05, 3.63) is 29.8 Å².